The summed E-state index contributed by atoms with van der Waals surface area (Å²) in [5, 5.41) is 17.9. The Labute approximate surface area is 236 Å². The van der Waals surface area contributed by atoms with Crippen LogP contribution in [0.5, 0.6) is 0 Å². The topological polar surface area (TPSA) is 42.6 Å². The van der Waals surface area contributed by atoms with Crippen LogP contribution in [0.2, 0.25) is 5.82 Å². The summed E-state index contributed by atoms with van der Waals surface area (Å²) in [6.07, 6.45) is 9.57. The van der Waals surface area contributed by atoms with Gasteiger partial charge in [0.25, 0.3) is 0 Å². The average molecular weight is 527 g/mol. The number of aryl methyl sites for hydroxylation is 1. The Hall–Kier alpha value is -3.60. The van der Waals surface area contributed by atoms with E-state index in [1.54, 1.807) is 13.8 Å². The molecule has 40 heavy (non-hydrogen) atoms. The van der Waals surface area contributed by atoms with Crippen LogP contribution in [0.1, 0.15) is 52.2 Å². The molecule has 0 saturated heterocycles. The normalized spacial score (nSPS) is 15.9. The van der Waals surface area contributed by atoms with Crippen LogP contribution < -0.4 is 10.6 Å². The molecule has 1 unspecified atom stereocenters. The van der Waals surface area contributed by atoms with Gasteiger partial charge in [-0.05, 0) is 116 Å². The van der Waals surface area contributed by atoms with E-state index in [0.29, 0.717) is 0 Å². The van der Waals surface area contributed by atoms with Crippen LogP contribution in [-0.4, -0.2) is 23.8 Å². The van der Waals surface area contributed by atoms with Gasteiger partial charge in [-0.1, -0.05) is 66.8 Å². The summed E-state index contributed by atoms with van der Waals surface area (Å²) in [5.74, 6) is 0.0680. The zero-order valence-corrected chi connectivity index (χ0v) is 24.2. The highest BCUT2D eigenvalue weighted by atomic mass is 16.5. The first kappa shape index (κ1) is 26.6. The largest absolute Gasteiger partial charge is 0.456 e. The lowest BCUT2D eigenvalue weighted by atomic mass is 9.74. The second kappa shape index (κ2) is 9.80. The first-order valence-electron chi connectivity index (χ1n) is 14.1. The molecule has 1 heterocycles. The maximum atomic E-state index is 10.5. The highest BCUT2D eigenvalue weighted by Gasteiger charge is 2.36. The summed E-state index contributed by atoms with van der Waals surface area (Å²) >= 11 is 0. The summed E-state index contributed by atoms with van der Waals surface area (Å²) in [7, 11) is 1.84. The molecule has 0 amide bonds. The molecule has 1 aromatic heterocycles. The minimum atomic E-state index is -0.960. The third kappa shape index (κ3) is 4.40. The number of furan rings is 1. The Morgan fingerprint density at radius 1 is 0.950 bits per heavy atom. The van der Waals surface area contributed by atoms with Crippen molar-refractivity contribution < 1.29 is 14.2 Å². The summed E-state index contributed by atoms with van der Waals surface area (Å²) in [5.41, 5.74) is 5.03. The summed E-state index contributed by atoms with van der Waals surface area (Å²) in [6, 6.07) is 21.9. The van der Waals surface area contributed by atoms with Crippen molar-refractivity contribution in [3.8, 4) is 11.1 Å². The van der Waals surface area contributed by atoms with E-state index in [4.69, 9.17) is 9.07 Å². The van der Waals surface area contributed by atoms with Crippen molar-refractivity contribution in [2.45, 2.75) is 65.0 Å². The highest BCUT2D eigenvalue weighted by Crippen LogP contribution is 2.37. The van der Waals surface area contributed by atoms with Gasteiger partial charge >= 0.3 is 7.48 Å². The van der Waals surface area contributed by atoms with Crippen LogP contribution in [0.25, 0.3) is 61.9 Å². The highest BCUT2D eigenvalue weighted by molar-refractivity contribution is 6.32. The van der Waals surface area contributed by atoms with Crippen LogP contribution in [0.4, 0.5) is 0 Å². The summed E-state index contributed by atoms with van der Waals surface area (Å²) < 4.78 is 12.4. The minimum Gasteiger partial charge on any atom is -0.456 e. The first-order valence-corrected chi connectivity index (χ1v) is 14.1. The van der Waals surface area contributed by atoms with Gasteiger partial charge in [0.05, 0.1) is 11.2 Å². The molecular weight excluding hydrogens is 491 g/mol. The third-order valence-electron chi connectivity index (χ3n) is 8.73. The van der Waals surface area contributed by atoms with Gasteiger partial charge in [0, 0.05) is 10.6 Å². The van der Waals surface area contributed by atoms with Crippen molar-refractivity contribution in [2.75, 3.05) is 0 Å². The number of hydrogen-bond acceptors (Lipinski definition) is 3. The number of allylic oxidation sites excluding steroid dienone is 1. The number of rotatable bonds is 6. The first-order chi connectivity index (χ1) is 19.1. The van der Waals surface area contributed by atoms with Crippen LogP contribution >= 0.6 is 0 Å². The van der Waals surface area contributed by atoms with Crippen LogP contribution in [0.15, 0.2) is 71.2 Å². The third-order valence-corrected chi connectivity index (χ3v) is 8.73. The zero-order chi connectivity index (χ0) is 28.2. The van der Waals surface area contributed by atoms with E-state index in [1.165, 1.54) is 43.8 Å². The van der Waals surface area contributed by atoms with Crippen LogP contribution in [0.3, 0.4) is 0 Å². The van der Waals surface area contributed by atoms with Crippen LogP contribution in [0, 0.1) is 6.92 Å². The van der Waals surface area contributed by atoms with E-state index in [2.05, 4.69) is 98.8 Å². The van der Waals surface area contributed by atoms with Gasteiger partial charge in [0.15, 0.2) is 0 Å². The second-order valence-corrected chi connectivity index (χ2v) is 12.0. The molecule has 4 aromatic carbocycles. The van der Waals surface area contributed by atoms with Gasteiger partial charge in [-0.2, -0.15) is 0 Å². The number of aliphatic hydroxyl groups is 1. The predicted molar refractivity (Wildman–Crippen MR) is 170 cm³/mol. The molecule has 0 bridgehead atoms. The number of hydrogen-bond donors (Lipinski definition) is 1. The van der Waals surface area contributed by atoms with E-state index in [9.17, 15) is 5.11 Å². The zero-order valence-electron chi connectivity index (χ0n) is 24.2. The molecule has 3 nitrogen and oxygen atoms in total. The standard InChI is InChI=1S/C36H36BO3/c1-7-11-25-22(2)26-12-8-9-13-28(26)29-18-16-23(20-31(25)29)27-14-10-15-32-34(27)30-19-17-24(21-33(30)39-32)37-40-36(5,6)35(3,4)38/h7-16,18-21,24,38H,17H2,1-6H3/b11-7-. The monoisotopic (exact) mass is 527 g/mol. The Balaban J connectivity index is 1.47. The van der Waals surface area contributed by atoms with Crippen molar-refractivity contribution in [1.82, 2.24) is 0 Å². The lowest BCUT2D eigenvalue weighted by molar-refractivity contribution is -0.0906. The molecule has 1 N–H and O–H groups in total. The average Bonchev–Trinajstić information content (AvgIpc) is 3.31. The van der Waals surface area contributed by atoms with Gasteiger partial charge in [0.2, 0.25) is 0 Å². The Kier molecular flexibility index (Phi) is 6.52. The van der Waals surface area contributed by atoms with Crippen molar-refractivity contribution in [2.24, 2.45) is 0 Å². The molecule has 0 fully saturated rings. The fourth-order valence-electron chi connectivity index (χ4n) is 5.71. The van der Waals surface area contributed by atoms with E-state index < -0.39 is 11.2 Å². The number of benzene rings is 4. The smallest absolute Gasteiger partial charge is 0.301 e. The van der Waals surface area contributed by atoms with Gasteiger partial charge < -0.3 is 14.2 Å². The lowest BCUT2D eigenvalue weighted by Gasteiger charge is -2.38. The second-order valence-electron chi connectivity index (χ2n) is 12.0. The van der Waals surface area contributed by atoms with Gasteiger partial charge in [0.1, 0.15) is 11.0 Å². The molecule has 0 aliphatic heterocycles. The molecule has 1 aliphatic rings. The molecule has 5 aromatic rings. The van der Waals surface area contributed by atoms with Gasteiger partial charge in [-0.15, -0.1) is 0 Å². The van der Waals surface area contributed by atoms with Gasteiger partial charge in [-0.25, -0.2) is 0 Å². The Morgan fingerprint density at radius 2 is 1.70 bits per heavy atom. The Morgan fingerprint density at radius 3 is 2.45 bits per heavy atom. The van der Waals surface area contributed by atoms with Crippen molar-refractivity contribution in [3.63, 3.8) is 0 Å². The fourth-order valence-corrected chi connectivity index (χ4v) is 5.71. The van der Waals surface area contributed by atoms with E-state index in [0.717, 1.165) is 28.0 Å². The fraction of sp³-hybridized carbons (Fsp3) is 0.278. The molecule has 1 radical (unpaired) electrons. The maximum absolute atomic E-state index is 10.5. The molecule has 1 atom stereocenters. The molecule has 1 aliphatic carbocycles. The Bertz CT molecular complexity index is 1920. The molecule has 0 spiro atoms. The molecule has 4 heteroatoms. The SMILES string of the molecule is C/C=C\c1c(C)c2ccccc2c2ccc(-c3cccc4oc5c(c34)=CCC([B]OC(C)(C)C(C)(C)O)C=5)cc12. The van der Waals surface area contributed by atoms with Crippen molar-refractivity contribution in [3.05, 3.63) is 88.5 Å². The molecule has 201 valence electrons. The van der Waals surface area contributed by atoms with Crippen molar-refractivity contribution in [1.29, 1.82) is 0 Å². The lowest BCUT2D eigenvalue weighted by Crippen LogP contribution is -2.48. The summed E-state index contributed by atoms with van der Waals surface area (Å²) in [4.78, 5) is 0. The van der Waals surface area contributed by atoms with Crippen molar-refractivity contribution >= 4 is 58.2 Å². The predicted octanol–water partition coefficient (Wildman–Crippen LogP) is 7.69. The number of fused-ring (bicyclic) bond motifs is 6. The molecule has 0 saturated carbocycles. The quantitative estimate of drug-likeness (QED) is 0.182. The van der Waals surface area contributed by atoms with Gasteiger partial charge in [-0.3, -0.25) is 0 Å². The molecular formula is C36H36BO3. The maximum Gasteiger partial charge on any atom is 0.301 e. The van der Waals surface area contributed by atoms with Crippen LogP contribution in [-0.2, 0) is 4.65 Å². The minimum absolute atomic E-state index is 0.0680. The molecule has 6 rings (SSSR count). The van der Waals surface area contributed by atoms with E-state index in [-0.39, 0.29) is 5.82 Å². The van der Waals surface area contributed by atoms with E-state index in [1.807, 2.05) is 21.3 Å². The van der Waals surface area contributed by atoms with E-state index >= 15 is 0 Å². The summed E-state index contributed by atoms with van der Waals surface area (Å²) in [6.45, 7) is 11.7.